The number of primary amides is 1. The molecule has 4 aromatic heterocycles. The van der Waals surface area contributed by atoms with Crippen molar-refractivity contribution in [2.75, 3.05) is 5.32 Å². The zero-order valence-electron chi connectivity index (χ0n) is 16.3. The minimum absolute atomic E-state index is 0.0185. The second-order valence-electron chi connectivity index (χ2n) is 6.74. The van der Waals surface area contributed by atoms with Crippen LogP contribution >= 0.6 is 11.3 Å². The van der Waals surface area contributed by atoms with E-state index in [2.05, 4.69) is 15.4 Å². The number of rotatable bonds is 7. The summed E-state index contributed by atoms with van der Waals surface area (Å²) in [6.45, 7) is 2.16. The Morgan fingerprint density at radius 2 is 2.16 bits per heavy atom. The number of anilines is 1. The lowest BCUT2D eigenvalue weighted by molar-refractivity contribution is -0.116. The number of alkyl halides is 2. The van der Waals surface area contributed by atoms with E-state index < -0.39 is 23.9 Å². The average Bonchev–Trinajstić information content (AvgIpc) is 3.46. The molecule has 0 atom stereocenters. The Balaban J connectivity index is 1.76. The fraction of sp³-hybridized carbons (Fsp3) is 0.200. The zero-order chi connectivity index (χ0) is 22.1. The molecule has 4 rings (SSSR count). The molecule has 0 unspecified atom stereocenters. The number of amides is 2. The molecule has 160 valence electrons. The quantitative estimate of drug-likeness (QED) is 0.444. The van der Waals surface area contributed by atoms with Crippen LogP contribution in [0.25, 0.3) is 21.5 Å². The van der Waals surface area contributed by atoms with Crippen molar-refractivity contribution in [2.45, 2.75) is 26.3 Å². The van der Waals surface area contributed by atoms with Crippen LogP contribution in [-0.4, -0.2) is 26.6 Å². The predicted octanol–water partition coefficient (Wildman–Crippen LogP) is 4.13. The molecule has 2 amide bonds. The van der Waals surface area contributed by atoms with E-state index in [0.717, 1.165) is 17.0 Å². The normalized spacial score (nSPS) is 11.4. The van der Waals surface area contributed by atoms with Crippen molar-refractivity contribution in [1.82, 2.24) is 14.8 Å². The third-order valence-corrected chi connectivity index (χ3v) is 5.62. The lowest BCUT2D eigenvalue weighted by Gasteiger charge is -2.09. The molecule has 0 aromatic carbocycles. The summed E-state index contributed by atoms with van der Waals surface area (Å²) in [6, 6.07) is 6.20. The van der Waals surface area contributed by atoms with Gasteiger partial charge < -0.3 is 15.5 Å². The molecule has 4 heterocycles. The Hall–Kier alpha value is -3.60. The Kier molecular flexibility index (Phi) is 5.51. The molecular weight excluding hydrogens is 428 g/mol. The van der Waals surface area contributed by atoms with Gasteiger partial charge in [0.25, 0.3) is 12.3 Å². The van der Waals surface area contributed by atoms with Crippen LogP contribution in [0.15, 0.2) is 41.1 Å². The van der Waals surface area contributed by atoms with Gasteiger partial charge in [-0.15, -0.1) is 11.3 Å². The summed E-state index contributed by atoms with van der Waals surface area (Å²) in [6.07, 6.45) is 0.403. The summed E-state index contributed by atoms with van der Waals surface area (Å²) in [7, 11) is 0. The van der Waals surface area contributed by atoms with Crippen molar-refractivity contribution in [3.63, 3.8) is 0 Å². The maximum Gasteiger partial charge on any atom is 0.280 e. The summed E-state index contributed by atoms with van der Waals surface area (Å²) >= 11 is 0.842. The molecule has 3 N–H and O–H groups in total. The topological polar surface area (TPSA) is 116 Å². The van der Waals surface area contributed by atoms with Gasteiger partial charge in [0.15, 0.2) is 0 Å². The maximum absolute atomic E-state index is 13.4. The summed E-state index contributed by atoms with van der Waals surface area (Å²) < 4.78 is 33.8. The van der Waals surface area contributed by atoms with E-state index in [1.165, 1.54) is 12.3 Å². The van der Waals surface area contributed by atoms with Gasteiger partial charge in [-0.3, -0.25) is 14.3 Å². The number of hydrogen-bond acceptors (Lipinski definition) is 6. The second kappa shape index (κ2) is 8.26. The van der Waals surface area contributed by atoms with Crippen LogP contribution in [0.3, 0.4) is 0 Å². The Morgan fingerprint density at radius 1 is 1.35 bits per heavy atom. The first-order valence-electron chi connectivity index (χ1n) is 9.22. The number of carbonyl (C=O) groups is 2. The number of carbonyl (C=O) groups excluding carboxylic acids is 2. The number of hydrogen-bond donors (Lipinski definition) is 2. The number of nitrogens with one attached hydrogen (secondary N) is 1. The molecule has 0 saturated heterocycles. The third-order valence-electron chi connectivity index (χ3n) is 4.52. The zero-order valence-corrected chi connectivity index (χ0v) is 17.1. The molecule has 0 saturated carbocycles. The number of fused-ring (bicyclic) bond motifs is 1. The first-order valence-corrected chi connectivity index (χ1v) is 10.0. The van der Waals surface area contributed by atoms with Crippen LogP contribution < -0.4 is 11.1 Å². The van der Waals surface area contributed by atoms with Crippen LogP contribution in [0.5, 0.6) is 0 Å². The molecule has 4 aromatic rings. The van der Waals surface area contributed by atoms with E-state index in [0.29, 0.717) is 17.7 Å². The van der Waals surface area contributed by atoms with Gasteiger partial charge in [0.05, 0.1) is 17.6 Å². The van der Waals surface area contributed by atoms with Gasteiger partial charge in [-0.1, -0.05) is 0 Å². The molecular formula is C20H17F2N5O3S. The molecule has 0 fully saturated rings. The van der Waals surface area contributed by atoms with Gasteiger partial charge >= 0.3 is 0 Å². The highest BCUT2D eigenvalue weighted by Gasteiger charge is 2.25. The van der Waals surface area contributed by atoms with Gasteiger partial charge in [-0.2, -0.15) is 5.10 Å². The maximum atomic E-state index is 13.4. The molecule has 0 aliphatic carbocycles. The largest absolute Gasteiger partial charge is 0.464 e. The monoisotopic (exact) mass is 445 g/mol. The number of nitrogens with two attached hydrogens (primary N) is 1. The Morgan fingerprint density at radius 3 is 2.77 bits per heavy atom. The predicted molar refractivity (Wildman–Crippen MR) is 111 cm³/mol. The van der Waals surface area contributed by atoms with E-state index in [9.17, 15) is 18.4 Å². The van der Waals surface area contributed by atoms with Crippen LogP contribution in [-0.2, 0) is 11.3 Å². The highest BCUT2D eigenvalue weighted by atomic mass is 32.1. The summed E-state index contributed by atoms with van der Waals surface area (Å²) in [5, 5.41) is 7.24. The van der Waals surface area contributed by atoms with E-state index in [4.69, 9.17) is 10.2 Å². The van der Waals surface area contributed by atoms with Crippen molar-refractivity contribution in [3.05, 3.63) is 53.0 Å². The van der Waals surface area contributed by atoms with Crippen LogP contribution in [0.1, 0.15) is 33.9 Å². The molecule has 8 nitrogen and oxygen atoms in total. The minimum atomic E-state index is -2.83. The fourth-order valence-corrected chi connectivity index (χ4v) is 4.17. The number of aryl methyl sites for hydroxylation is 2. The standard InChI is InChI=1S/C20H17F2N5O3S/c1-10-4-6-27(26-10)7-5-14(28)25-16-15-11(13-3-2-8-30-13)9-12(18(21)22)24-20(15)31-17(16)19(23)29/h2-4,6,8-9,18H,5,7H2,1H3,(H2,23,29)(H,25,28). The van der Waals surface area contributed by atoms with E-state index in [1.54, 1.807) is 23.0 Å². The molecule has 0 radical (unpaired) electrons. The Bertz CT molecular complexity index is 1260. The van der Waals surface area contributed by atoms with Crippen molar-refractivity contribution < 1.29 is 22.8 Å². The molecule has 0 aliphatic heterocycles. The van der Waals surface area contributed by atoms with Crippen molar-refractivity contribution in [1.29, 1.82) is 0 Å². The van der Waals surface area contributed by atoms with E-state index >= 15 is 0 Å². The third kappa shape index (κ3) is 4.17. The summed E-state index contributed by atoms with van der Waals surface area (Å²) in [5.41, 5.74) is 6.27. The lowest BCUT2D eigenvalue weighted by Crippen LogP contribution is -2.18. The number of halogens is 2. The number of nitrogens with zero attached hydrogens (tertiary/aromatic N) is 3. The number of pyridine rings is 1. The van der Waals surface area contributed by atoms with Gasteiger partial charge in [0.1, 0.15) is 21.2 Å². The molecule has 0 spiro atoms. The van der Waals surface area contributed by atoms with E-state index in [1.807, 2.05) is 13.0 Å². The summed E-state index contributed by atoms with van der Waals surface area (Å²) in [4.78, 5) is 28.8. The lowest BCUT2D eigenvalue weighted by atomic mass is 10.1. The highest BCUT2D eigenvalue weighted by molar-refractivity contribution is 7.21. The second-order valence-corrected chi connectivity index (χ2v) is 7.74. The fourth-order valence-electron chi connectivity index (χ4n) is 3.15. The Labute approximate surface area is 178 Å². The van der Waals surface area contributed by atoms with Crippen molar-refractivity contribution >= 4 is 39.1 Å². The number of aromatic nitrogens is 3. The molecule has 0 aliphatic rings. The number of furan rings is 1. The van der Waals surface area contributed by atoms with Gasteiger partial charge in [0.2, 0.25) is 5.91 Å². The van der Waals surface area contributed by atoms with Crippen LogP contribution in [0.4, 0.5) is 14.5 Å². The minimum Gasteiger partial charge on any atom is -0.464 e. The average molecular weight is 445 g/mol. The molecule has 11 heteroatoms. The van der Waals surface area contributed by atoms with E-state index in [-0.39, 0.29) is 27.4 Å². The molecule has 31 heavy (non-hydrogen) atoms. The van der Waals surface area contributed by atoms with Crippen LogP contribution in [0.2, 0.25) is 0 Å². The van der Waals surface area contributed by atoms with Gasteiger partial charge in [0, 0.05) is 30.1 Å². The van der Waals surface area contributed by atoms with Crippen LogP contribution in [0, 0.1) is 6.92 Å². The van der Waals surface area contributed by atoms with Crippen molar-refractivity contribution in [3.8, 4) is 11.3 Å². The number of thiophene rings is 1. The van der Waals surface area contributed by atoms with Crippen molar-refractivity contribution in [2.24, 2.45) is 5.73 Å². The van der Waals surface area contributed by atoms with Gasteiger partial charge in [-0.05, 0) is 31.2 Å². The first kappa shape index (κ1) is 20.7. The smallest absolute Gasteiger partial charge is 0.280 e. The highest BCUT2D eigenvalue weighted by Crippen LogP contribution is 2.42. The first-order chi connectivity index (χ1) is 14.8. The van der Waals surface area contributed by atoms with Gasteiger partial charge in [-0.25, -0.2) is 13.8 Å². The molecule has 0 bridgehead atoms. The summed E-state index contributed by atoms with van der Waals surface area (Å²) in [5.74, 6) is -0.894. The SMILES string of the molecule is Cc1ccn(CCC(=O)Nc2c(C(N)=O)sc3nc(C(F)F)cc(-c4ccco4)c23)n1.